The Morgan fingerprint density at radius 3 is 2.68 bits per heavy atom. The SMILES string of the molecule is [O-][S@@+]1CCc2nc(N3CCC(c4cccc(O)c4)CC3)nc(Nc3cccc(F)c3)c21. The van der Waals surface area contributed by atoms with Crippen molar-refractivity contribution < 1.29 is 14.0 Å². The van der Waals surface area contributed by atoms with Crippen molar-refractivity contribution in [1.82, 2.24) is 9.97 Å². The number of piperidine rings is 1. The first-order valence-electron chi connectivity index (χ1n) is 10.4. The molecule has 0 radical (unpaired) electrons. The maximum Gasteiger partial charge on any atom is 0.227 e. The van der Waals surface area contributed by atoms with Gasteiger partial charge in [0.15, 0.2) is 5.82 Å². The molecule has 0 saturated carbocycles. The lowest BCUT2D eigenvalue weighted by Crippen LogP contribution is -2.34. The average Bonchev–Trinajstić information content (AvgIpc) is 3.15. The van der Waals surface area contributed by atoms with Crippen molar-refractivity contribution in [1.29, 1.82) is 0 Å². The summed E-state index contributed by atoms with van der Waals surface area (Å²) in [7, 11) is 0. The van der Waals surface area contributed by atoms with Crippen molar-refractivity contribution in [3.63, 3.8) is 0 Å². The fraction of sp³-hybridized carbons (Fsp3) is 0.304. The molecule has 31 heavy (non-hydrogen) atoms. The number of phenolic OH excluding ortho intramolecular Hbond substituents is 1. The van der Waals surface area contributed by atoms with Gasteiger partial charge in [0.1, 0.15) is 23.0 Å². The average molecular weight is 439 g/mol. The molecule has 2 aliphatic rings. The van der Waals surface area contributed by atoms with Crippen molar-refractivity contribution in [3.8, 4) is 5.75 Å². The normalized spacial score (nSPS) is 18.8. The minimum absolute atomic E-state index is 0.294. The van der Waals surface area contributed by atoms with E-state index in [1.54, 1.807) is 18.2 Å². The van der Waals surface area contributed by atoms with Crippen LogP contribution in [0.2, 0.25) is 0 Å². The van der Waals surface area contributed by atoms with Gasteiger partial charge >= 0.3 is 0 Å². The molecule has 0 unspecified atom stereocenters. The monoisotopic (exact) mass is 438 g/mol. The number of hydrogen-bond donors (Lipinski definition) is 2. The van der Waals surface area contributed by atoms with Crippen LogP contribution in [0.1, 0.15) is 30.0 Å². The fourth-order valence-corrected chi connectivity index (χ4v) is 5.61. The maximum absolute atomic E-state index is 13.6. The van der Waals surface area contributed by atoms with Gasteiger partial charge < -0.3 is 19.9 Å². The number of aromatic hydroxyl groups is 1. The molecule has 2 aliphatic heterocycles. The molecule has 160 valence electrons. The highest BCUT2D eigenvalue weighted by Gasteiger charge is 2.33. The third-order valence-electron chi connectivity index (χ3n) is 5.88. The van der Waals surface area contributed by atoms with Gasteiger partial charge in [-0.3, -0.25) is 0 Å². The zero-order chi connectivity index (χ0) is 21.4. The number of rotatable bonds is 4. The van der Waals surface area contributed by atoms with Crippen LogP contribution in [0.3, 0.4) is 0 Å². The molecule has 5 rings (SSSR count). The molecule has 0 amide bonds. The van der Waals surface area contributed by atoms with Crippen molar-refractivity contribution in [2.75, 3.05) is 29.1 Å². The molecule has 1 fully saturated rings. The van der Waals surface area contributed by atoms with E-state index in [4.69, 9.17) is 9.97 Å². The summed E-state index contributed by atoms with van der Waals surface area (Å²) >= 11 is -1.16. The lowest BCUT2D eigenvalue weighted by molar-refractivity contribution is 0.467. The van der Waals surface area contributed by atoms with Gasteiger partial charge in [-0.25, -0.2) is 9.37 Å². The third-order valence-corrected chi connectivity index (χ3v) is 7.34. The van der Waals surface area contributed by atoms with Crippen LogP contribution in [0.4, 0.5) is 21.8 Å². The van der Waals surface area contributed by atoms with Crippen molar-refractivity contribution in [2.45, 2.75) is 30.1 Å². The predicted molar refractivity (Wildman–Crippen MR) is 119 cm³/mol. The second-order valence-corrected chi connectivity index (χ2v) is 9.45. The standard InChI is InChI=1S/C23H23FN4O2S/c24-17-4-2-5-18(14-17)25-22-21-20(9-12-31(21)30)26-23(27-22)28-10-7-15(8-11-28)16-3-1-6-19(29)13-16/h1-6,13-15,29H,7-12H2,(H,25,26,27)/t31-/m0/s1. The summed E-state index contributed by atoms with van der Waals surface area (Å²) in [6, 6.07) is 13.6. The van der Waals surface area contributed by atoms with E-state index in [0.29, 0.717) is 46.2 Å². The smallest absolute Gasteiger partial charge is 0.227 e. The maximum atomic E-state index is 13.6. The predicted octanol–water partition coefficient (Wildman–Crippen LogP) is 4.11. The lowest BCUT2D eigenvalue weighted by Gasteiger charge is -2.32. The molecule has 6 nitrogen and oxygen atoms in total. The van der Waals surface area contributed by atoms with Crippen LogP contribution < -0.4 is 10.2 Å². The highest BCUT2D eigenvalue weighted by atomic mass is 32.2. The zero-order valence-corrected chi connectivity index (χ0v) is 17.7. The van der Waals surface area contributed by atoms with Crippen LogP contribution in [-0.4, -0.2) is 38.5 Å². The first-order valence-corrected chi connectivity index (χ1v) is 11.7. The Morgan fingerprint density at radius 2 is 1.90 bits per heavy atom. The van der Waals surface area contributed by atoms with Gasteiger partial charge in [-0.05, 0) is 65.8 Å². The number of aryl methyl sites for hydroxylation is 1. The number of nitrogens with zero attached hydrogens (tertiary/aromatic N) is 3. The molecule has 0 spiro atoms. The summed E-state index contributed by atoms with van der Waals surface area (Å²) in [4.78, 5) is 12.2. The molecule has 2 N–H and O–H groups in total. The number of fused-ring (bicyclic) bond motifs is 1. The molecule has 0 aliphatic carbocycles. The summed E-state index contributed by atoms with van der Waals surface area (Å²) in [5.41, 5.74) is 2.52. The number of anilines is 3. The van der Waals surface area contributed by atoms with Crippen molar-refractivity contribution in [3.05, 3.63) is 65.6 Å². The lowest BCUT2D eigenvalue weighted by atomic mass is 9.89. The van der Waals surface area contributed by atoms with E-state index in [2.05, 4.69) is 16.3 Å². The minimum atomic E-state index is -1.16. The van der Waals surface area contributed by atoms with E-state index in [9.17, 15) is 14.0 Å². The molecular formula is C23H23FN4O2S. The molecular weight excluding hydrogens is 415 g/mol. The number of aromatic nitrogens is 2. The Bertz CT molecular complexity index is 1100. The van der Waals surface area contributed by atoms with Gasteiger partial charge in [-0.1, -0.05) is 18.2 Å². The molecule has 1 atom stereocenters. The summed E-state index contributed by atoms with van der Waals surface area (Å²) in [6.07, 6.45) is 2.51. The van der Waals surface area contributed by atoms with Gasteiger partial charge in [0, 0.05) is 25.2 Å². The van der Waals surface area contributed by atoms with E-state index >= 15 is 0 Å². The van der Waals surface area contributed by atoms with E-state index in [1.165, 1.54) is 12.1 Å². The summed E-state index contributed by atoms with van der Waals surface area (Å²) in [6.45, 7) is 1.59. The number of nitrogens with one attached hydrogen (secondary N) is 1. The van der Waals surface area contributed by atoms with Crippen LogP contribution in [0.5, 0.6) is 5.75 Å². The van der Waals surface area contributed by atoms with E-state index < -0.39 is 11.2 Å². The van der Waals surface area contributed by atoms with Crippen LogP contribution in [-0.2, 0) is 17.6 Å². The molecule has 8 heteroatoms. The molecule has 1 aromatic heterocycles. The molecule has 0 bridgehead atoms. The fourth-order valence-electron chi connectivity index (χ4n) is 4.30. The van der Waals surface area contributed by atoms with Gasteiger partial charge in [0.25, 0.3) is 0 Å². The molecule has 2 aromatic carbocycles. The topological polar surface area (TPSA) is 84.3 Å². The third kappa shape index (κ3) is 4.18. The quantitative estimate of drug-likeness (QED) is 0.597. The number of halogens is 1. The highest BCUT2D eigenvalue weighted by molar-refractivity contribution is 7.91. The second-order valence-electron chi connectivity index (χ2n) is 7.94. The Hall–Kier alpha value is -2.84. The molecule has 1 saturated heterocycles. The first kappa shape index (κ1) is 20.1. The van der Waals surface area contributed by atoms with Crippen molar-refractivity contribution >= 4 is 28.6 Å². The number of benzene rings is 2. The highest BCUT2D eigenvalue weighted by Crippen LogP contribution is 2.36. The Kier molecular flexibility index (Phi) is 5.41. The number of phenols is 1. The molecule has 3 heterocycles. The van der Waals surface area contributed by atoms with E-state index in [0.717, 1.165) is 37.2 Å². The second kappa shape index (κ2) is 8.36. The summed E-state index contributed by atoms with van der Waals surface area (Å²) < 4.78 is 26.2. The van der Waals surface area contributed by atoms with Gasteiger partial charge in [0.05, 0.1) is 0 Å². The zero-order valence-electron chi connectivity index (χ0n) is 16.9. The number of hydrogen-bond acceptors (Lipinski definition) is 6. The van der Waals surface area contributed by atoms with Crippen LogP contribution in [0, 0.1) is 5.82 Å². The molecule has 3 aromatic rings. The summed E-state index contributed by atoms with van der Waals surface area (Å²) in [5, 5.41) is 12.9. The van der Waals surface area contributed by atoms with Gasteiger partial charge in [0.2, 0.25) is 10.8 Å². The first-order chi connectivity index (χ1) is 15.1. The Labute approximate surface area is 183 Å². The van der Waals surface area contributed by atoms with Crippen LogP contribution >= 0.6 is 0 Å². The minimum Gasteiger partial charge on any atom is -0.611 e. The van der Waals surface area contributed by atoms with Gasteiger partial charge in [-0.15, -0.1) is 0 Å². The van der Waals surface area contributed by atoms with Crippen LogP contribution in [0.25, 0.3) is 0 Å². The van der Waals surface area contributed by atoms with Crippen molar-refractivity contribution in [2.24, 2.45) is 0 Å². The Balaban J connectivity index is 1.39. The van der Waals surface area contributed by atoms with Gasteiger partial charge in [-0.2, -0.15) is 4.98 Å². The largest absolute Gasteiger partial charge is 0.611 e. The van der Waals surface area contributed by atoms with E-state index in [-0.39, 0.29) is 5.82 Å². The Morgan fingerprint density at radius 1 is 1.10 bits per heavy atom. The summed E-state index contributed by atoms with van der Waals surface area (Å²) in [5.74, 6) is 1.98. The van der Waals surface area contributed by atoms with Crippen LogP contribution in [0.15, 0.2) is 53.4 Å². The van der Waals surface area contributed by atoms with E-state index in [1.807, 2.05) is 12.1 Å².